The van der Waals surface area contributed by atoms with Crippen LogP contribution in [-0.2, 0) is 13.0 Å². The van der Waals surface area contributed by atoms with Gasteiger partial charge in [0.1, 0.15) is 18.0 Å². The van der Waals surface area contributed by atoms with E-state index in [0.29, 0.717) is 18.2 Å². The second-order valence-corrected chi connectivity index (χ2v) is 6.05. The Hall–Kier alpha value is -2.17. The number of nitrogens with zero attached hydrogens (tertiary/aromatic N) is 3. The fourth-order valence-corrected chi connectivity index (χ4v) is 2.72. The maximum atomic E-state index is 14.0. The molecule has 22 heavy (non-hydrogen) atoms. The van der Waals surface area contributed by atoms with Gasteiger partial charge in [-0.05, 0) is 24.5 Å². The minimum atomic E-state index is -0.182. The van der Waals surface area contributed by atoms with E-state index in [1.807, 2.05) is 17.0 Å². The molecule has 1 aliphatic rings. The van der Waals surface area contributed by atoms with Crippen molar-refractivity contribution in [2.45, 2.75) is 26.8 Å². The Balaban J connectivity index is 1.82. The van der Waals surface area contributed by atoms with Gasteiger partial charge in [0.15, 0.2) is 0 Å². The van der Waals surface area contributed by atoms with E-state index in [1.165, 1.54) is 6.07 Å². The third-order valence-corrected chi connectivity index (χ3v) is 3.88. The molecule has 0 unspecified atom stereocenters. The normalized spacial score (nSPS) is 14.1. The number of para-hydroxylation sites is 1. The van der Waals surface area contributed by atoms with E-state index in [-0.39, 0.29) is 5.82 Å². The Morgan fingerprint density at radius 3 is 2.86 bits per heavy atom. The molecule has 0 atom stereocenters. The van der Waals surface area contributed by atoms with Crippen molar-refractivity contribution in [1.82, 2.24) is 9.97 Å². The van der Waals surface area contributed by atoms with Crippen molar-refractivity contribution in [2.75, 3.05) is 23.3 Å². The summed E-state index contributed by atoms with van der Waals surface area (Å²) in [7, 11) is 0. The monoisotopic (exact) mass is 300 g/mol. The lowest BCUT2D eigenvalue weighted by atomic mass is 10.0. The average molecular weight is 300 g/mol. The average Bonchev–Trinajstić information content (AvgIpc) is 2.52. The molecule has 1 N–H and O–H groups in total. The summed E-state index contributed by atoms with van der Waals surface area (Å²) in [6, 6.07) is 6.90. The van der Waals surface area contributed by atoms with Crippen LogP contribution in [0.1, 0.15) is 25.1 Å². The number of hydrogen-bond donors (Lipinski definition) is 1. The van der Waals surface area contributed by atoms with Crippen LogP contribution in [0.5, 0.6) is 0 Å². The third-order valence-electron chi connectivity index (χ3n) is 3.88. The Labute approximate surface area is 130 Å². The van der Waals surface area contributed by atoms with Gasteiger partial charge in [0, 0.05) is 18.7 Å². The van der Waals surface area contributed by atoms with Gasteiger partial charge in [-0.25, -0.2) is 14.4 Å². The van der Waals surface area contributed by atoms with Crippen molar-refractivity contribution in [1.29, 1.82) is 0 Å². The third kappa shape index (κ3) is 3.03. The SMILES string of the molecule is CC(C)CNc1ncnc2c1CCN(c1ccccc1F)C2. The Kier molecular flexibility index (Phi) is 4.22. The number of hydrogen-bond acceptors (Lipinski definition) is 4. The van der Waals surface area contributed by atoms with E-state index in [1.54, 1.807) is 12.4 Å². The summed E-state index contributed by atoms with van der Waals surface area (Å²) in [5.41, 5.74) is 2.79. The molecule has 1 aromatic carbocycles. The highest BCUT2D eigenvalue weighted by Crippen LogP contribution is 2.28. The van der Waals surface area contributed by atoms with Gasteiger partial charge in [-0.15, -0.1) is 0 Å². The number of rotatable bonds is 4. The van der Waals surface area contributed by atoms with Crippen molar-refractivity contribution in [3.63, 3.8) is 0 Å². The summed E-state index contributed by atoms with van der Waals surface area (Å²) < 4.78 is 14.0. The second kappa shape index (κ2) is 6.30. The van der Waals surface area contributed by atoms with Gasteiger partial charge < -0.3 is 10.2 Å². The van der Waals surface area contributed by atoms with Gasteiger partial charge in [-0.3, -0.25) is 0 Å². The predicted molar refractivity (Wildman–Crippen MR) is 86.5 cm³/mol. The molecule has 0 aliphatic carbocycles. The number of fused-ring (bicyclic) bond motifs is 1. The quantitative estimate of drug-likeness (QED) is 0.941. The topological polar surface area (TPSA) is 41.1 Å². The molecule has 1 aromatic heterocycles. The fourth-order valence-electron chi connectivity index (χ4n) is 2.72. The lowest BCUT2D eigenvalue weighted by Crippen LogP contribution is -2.32. The zero-order valence-electron chi connectivity index (χ0n) is 13.0. The highest BCUT2D eigenvalue weighted by molar-refractivity contribution is 5.54. The van der Waals surface area contributed by atoms with Crippen molar-refractivity contribution in [2.24, 2.45) is 5.92 Å². The van der Waals surface area contributed by atoms with Gasteiger partial charge in [-0.1, -0.05) is 26.0 Å². The number of nitrogens with one attached hydrogen (secondary N) is 1. The zero-order valence-corrected chi connectivity index (χ0v) is 13.0. The molecule has 2 aromatic rings. The molecule has 0 bridgehead atoms. The van der Waals surface area contributed by atoms with E-state index in [2.05, 4.69) is 29.1 Å². The lowest BCUT2D eigenvalue weighted by Gasteiger charge is -2.31. The van der Waals surface area contributed by atoms with Crippen LogP contribution in [0.25, 0.3) is 0 Å². The molecule has 5 heteroatoms. The molecule has 0 fully saturated rings. The van der Waals surface area contributed by atoms with Gasteiger partial charge in [0.05, 0.1) is 17.9 Å². The first-order chi connectivity index (χ1) is 10.6. The molecule has 116 valence electrons. The van der Waals surface area contributed by atoms with Crippen LogP contribution >= 0.6 is 0 Å². The summed E-state index contributed by atoms with van der Waals surface area (Å²) in [6.07, 6.45) is 2.41. The Bertz CT molecular complexity index is 657. The van der Waals surface area contributed by atoms with Crippen LogP contribution in [0.3, 0.4) is 0 Å². The molecule has 0 saturated heterocycles. The van der Waals surface area contributed by atoms with E-state index in [4.69, 9.17) is 0 Å². The number of anilines is 2. The molecular formula is C17H21FN4. The number of halogens is 1. The van der Waals surface area contributed by atoms with Crippen LogP contribution in [0, 0.1) is 11.7 Å². The highest BCUT2D eigenvalue weighted by atomic mass is 19.1. The predicted octanol–water partition coefficient (Wildman–Crippen LogP) is 3.25. The molecule has 0 radical (unpaired) electrons. The fraction of sp³-hybridized carbons (Fsp3) is 0.412. The first kappa shape index (κ1) is 14.8. The summed E-state index contributed by atoms with van der Waals surface area (Å²) in [5.74, 6) is 1.30. The first-order valence-corrected chi connectivity index (χ1v) is 7.71. The van der Waals surface area contributed by atoms with Crippen LogP contribution < -0.4 is 10.2 Å². The Morgan fingerprint density at radius 1 is 1.27 bits per heavy atom. The molecular weight excluding hydrogens is 279 g/mol. The molecule has 4 nitrogen and oxygen atoms in total. The van der Waals surface area contributed by atoms with Crippen LogP contribution in [0.2, 0.25) is 0 Å². The smallest absolute Gasteiger partial charge is 0.146 e. The van der Waals surface area contributed by atoms with Gasteiger partial charge in [0.25, 0.3) is 0 Å². The first-order valence-electron chi connectivity index (χ1n) is 7.71. The lowest BCUT2D eigenvalue weighted by molar-refractivity contribution is 0.607. The molecule has 2 heterocycles. The van der Waals surface area contributed by atoms with Crippen molar-refractivity contribution in [3.05, 3.63) is 47.7 Å². The molecule has 3 rings (SSSR count). The van der Waals surface area contributed by atoms with Crippen LogP contribution in [0.15, 0.2) is 30.6 Å². The summed E-state index contributed by atoms with van der Waals surface area (Å²) in [5, 5.41) is 3.39. The van der Waals surface area contributed by atoms with Crippen LogP contribution in [-0.4, -0.2) is 23.1 Å². The van der Waals surface area contributed by atoms with Gasteiger partial charge >= 0.3 is 0 Å². The molecule has 1 aliphatic heterocycles. The summed E-state index contributed by atoms with van der Waals surface area (Å²) in [4.78, 5) is 10.8. The van der Waals surface area contributed by atoms with E-state index >= 15 is 0 Å². The maximum absolute atomic E-state index is 14.0. The van der Waals surface area contributed by atoms with Gasteiger partial charge in [-0.2, -0.15) is 0 Å². The van der Waals surface area contributed by atoms with E-state index < -0.39 is 0 Å². The largest absolute Gasteiger partial charge is 0.369 e. The van der Waals surface area contributed by atoms with Crippen LogP contribution in [0.4, 0.5) is 15.9 Å². The number of benzene rings is 1. The summed E-state index contributed by atoms with van der Waals surface area (Å²) in [6.45, 7) is 6.62. The van der Waals surface area contributed by atoms with Crippen molar-refractivity contribution < 1.29 is 4.39 Å². The standard InChI is InChI=1S/C17H21FN4/c1-12(2)9-19-17-13-7-8-22(10-15(13)20-11-21-17)16-6-4-3-5-14(16)18/h3-6,11-12H,7-10H2,1-2H3,(H,19,20,21). The van der Waals surface area contributed by atoms with Crippen molar-refractivity contribution >= 4 is 11.5 Å². The number of aromatic nitrogens is 2. The maximum Gasteiger partial charge on any atom is 0.146 e. The zero-order chi connectivity index (χ0) is 15.5. The van der Waals surface area contributed by atoms with Crippen molar-refractivity contribution in [3.8, 4) is 0 Å². The van der Waals surface area contributed by atoms with Gasteiger partial charge in [0.2, 0.25) is 0 Å². The second-order valence-electron chi connectivity index (χ2n) is 6.05. The minimum Gasteiger partial charge on any atom is -0.369 e. The highest BCUT2D eigenvalue weighted by Gasteiger charge is 2.22. The Morgan fingerprint density at radius 2 is 2.09 bits per heavy atom. The molecule has 0 amide bonds. The minimum absolute atomic E-state index is 0.182. The molecule has 0 spiro atoms. The van der Waals surface area contributed by atoms with E-state index in [9.17, 15) is 4.39 Å². The van der Waals surface area contributed by atoms with E-state index in [0.717, 1.165) is 36.6 Å². The summed E-state index contributed by atoms with van der Waals surface area (Å²) >= 11 is 0. The molecule has 0 saturated carbocycles.